The lowest BCUT2D eigenvalue weighted by atomic mass is 10.2. The van der Waals surface area contributed by atoms with E-state index in [1.54, 1.807) is 32.0 Å². The molecule has 0 saturated heterocycles. The molecule has 1 aromatic carbocycles. The first-order valence-corrected chi connectivity index (χ1v) is 8.87. The van der Waals surface area contributed by atoms with Crippen molar-refractivity contribution in [3.05, 3.63) is 57.8 Å². The second kappa shape index (κ2) is 7.91. The number of aromatic nitrogens is 2. The standard InChI is InChI=1S/C19H21N3O6/c1-3-26-17(25)13-14(28-16(24)12-8-5-4-6-9-12)15(23)22-10-7-11-27-19(2,20)18(22)21-13/h4-6,8-9H,3,7,10-11,20H2,1-2H3. The second-order valence-corrected chi connectivity index (χ2v) is 6.36. The molecule has 2 N–H and O–H groups in total. The molecule has 148 valence electrons. The molecule has 1 aliphatic heterocycles. The predicted molar refractivity (Wildman–Crippen MR) is 98.0 cm³/mol. The Bertz CT molecular complexity index is 952. The number of carbonyl (C=O) groups is 2. The molecule has 1 aromatic heterocycles. The fourth-order valence-corrected chi connectivity index (χ4v) is 2.85. The smallest absolute Gasteiger partial charge is 0.361 e. The van der Waals surface area contributed by atoms with Crippen LogP contribution in [0.1, 0.15) is 46.9 Å². The van der Waals surface area contributed by atoms with Gasteiger partial charge in [-0.15, -0.1) is 0 Å². The van der Waals surface area contributed by atoms with Crippen LogP contribution < -0.4 is 16.0 Å². The summed E-state index contributed by atoms with van der Waals surface area (Å²) < 4.78 is 17.1. The summed E-state index contributed by atoms with van der Waals surface area (Å²) in [5.74, 6) is -2.10. The van der Waals surface area contributed by atoms with Crippen molar-refractivity contribution in [2.75, 3.05) is 13.2 Å². The lowest BCUT2D eigenvalue weighted by molar-refractivity contribution is -0.0330. The second-order valence-electron chi connectivity index (χ2n) is 6.36. The normalized spacial score (nSPS) is 18.7. The number of esters is 2. The number of nitrogens with zero attached hydrogens (tertiary/aromatic N) is 2. The maximum Gasteiger partial charge on any atom is 0.361 e. The summed E-state index contributed by atoms with van der Waals surface area (Å²) in [6.45, 7) is 3.78. The molecule has 2 aromatic rings. The highest BCUT2D eigenvalue weighted by Crippen LogP contribution is 2.24. The SMILES string of the molecule is CCOC(=O)c1nc2n(c(=O)c1OC(=O)c1ccccc1)CCCOC2(C)N. The fraction of sp³-hybridized carbons (Fsp3) is 0.368. The van der Waals surface area contributed by atoms with Gasteiger partial charge in [-0.05, 0) is 32.4 Å². The van der Waals surface area contributed by atoms with Crippen molar-refractivity contribution in [2.45, 2.75) is 32.5 Å². The molecule has 0 saturated carbocycles. The number of fused-ring (bicyclic) bond motifs is 1. The van der Waals surface area contributed by atoms with Gasteiger partial charge < -0.3 is 14.2 Å². The zero-order chi connectivity index (χ0) is 20.3. The Morgan fingerprint density at radius 2 is 2.00 bits per heavy atom. The number of hydrogen-bond acceptors (Lipinski definition) is 8. The first-order chi connectivity index (χ1) is 13.3. The van der Waals surface area contributed by atoms with Gasteiger partial charge in [0.15, 0.2) is 17.2 Å². The Labute approximate surface area is 161 Å². The summed E-state index contributed by atoms with van der Waals surface area (Å²) in [6.07, 6.45) is 0.506. The lowest BCUT2D eigenvalue weighted by Crippen LogP contribution is -2.42. The topological polar surface area (TPSA) is 123 Å². The Morgan fingerprint density at radius 1 is 1.29 bits per heavy atom. The van der Waals surface area contributed by atoms with Crippen molar-refractivity contribution in [1.29, 1.82) is 0 Å². The minimum atomic E-state index is -1.39. The molecule has 0 spiro atoms. The highest BCUT2D eigenvalue weighted by atomic mass is 16.6. The van der Waals surface area contributed by atoms with E-state index in [0.717, 1.165) is 0 Å². The Kier molecular flexibility index (Phi) is 5.57. The van der Waals surface area contributed by atoms with E-state index in [4.69, 9.17) is 19.9 Å². The van der Waals surface area contributed by atoms with Crippen LogP contribution in [-0.4, -0.2) is 34.7 Å². The van der Waals surface area contributed by atoms with Gasteiger partial charge in [0.25, 0.3) is 5.56 Å². The summed E-state index contributed by atoms with van der Waals surface area (Å²) in [4.78, 5) is 42.2. The molecule has 0 fully saturated rings. The van der Waals surface area contributed by atoms with Crippen LogP contribution in [0, 0.1) is 0 Å². The van der Waals surface area contributed by atoms with Gasteiger partial charge in [0.2, 0.25) is 5.75 Å². The summed E-state index contributed by atoms with van der Waals surface area (Å²) in [5.41, 5.74) is 3.87. The first kappa shape index (κ1) is 19.7. The summed E-state index contributed by atoms with van der Waals surface area (Å²) in [7, 11) is 0. The molecule has 1 aliphatic rings. The van der Waals surface area contributed by atoms with E-state index in [1.807, 2.05) is 0 Å². The number of ether oxygens (including phenoxy) is 3. The molecule has 0 bridgehead atoms. The van der Waals surface area contributed by atoms with Crippen LogP contribution in [-0.2, 0) is 21.7 Å². The molecular formula is C19H21N3O6. The van der Waals surface area contributed by atoms with Gasteiger partial charge in [0.05, 0.1) is 18.8 Å². The number of rotatable bonds is 4. The van der Waals surface area contributed by atoms with Gasteiger partial charge in [-0.3, -0.25) is 15.1 Å². The molecule has 1 unspecified atom stereocenters. The molecule has 28 heavy (non-hydrogen) atoms. The maximum atomic E-state index is 13.1. The van der Waals surface area contributed by atoms with Crippen LogP contribution in [0.15, 0.2) is 35.1 Å². The van der Waals surface area contributed by atoms with Gasteiger partial charge in [-0.1, -0.05) is 18.2 Å². The van der Waals surface area contributed by atoms with Crippen molar-refractivity contribution in [1.82, 2.24) is 9.55 Å². The van der Waals surface area contributed by atoms with Crippen molar-refractivity contribution in [2.24, 2.45) is 5.73 Å². The minimum absolute atomic E-state index is 0.0569. The highest BCUT2D eigenvalue weighted by molar-refractivity contribution is 5.94. The van der Waals surface area contributed by atoms with Gasteiger partial charge in [0, 0.05) is 6.54 Å². The number of hydrogen-bond donors (Lipinski definition) is 1. The average Bonchev–Trinajstić information content (AvgIpc) is 2.82. The summed E-state index contributed by atoms with van der Waals surface area (Å²) in [6, 6.07) is 8.11. The summed E-state index contributed by atoms with van der Waals surface area (Å²) >= 11 is 0. The van der Waals surface area contributed by atoms with Gasteiger partial charge in [0.1, 0.15) is 0 Å². The molecule has 9 heteroatoms. The van der Waals surface area contributed by atoms with E-state index in [9.17, 15) is 14.4 Å². The van der Waals surface area contributed by atoms with E-state index in [-0.39, 0.29) is 24.5 Å². The molecule has 9 nitrogen and oxygen atoms in total. The molecule has 0 amide bonds. The van der Waals surface area contributed by atoms with Crippen molar-refractivity contribution in [3.63, 3.8) is 0 Å². The number of benzene rings is 1. The van der Waals surface area contributed by atoms with Crippen LogP contribution in [0.4, 0.5) is 0 Å². The Balaban J connectivity index is 2.14. The summed E-state index contributed by atoms with van der Waals surface area (Å²) in [5, 5.41) is 0. The third kappa shape index (κ3) is 3.80. The number of nitrogens with two attached hydrogens (primary N) is 1. The van der Waals surface area contributed by atoms with Crippen LogP contribution in [0.25, 0.3) is 0 Å². The zero-order valence-corrected chi connectivity index (χ0v) is 15.6. The molecule has 0 aliphatic carbocycles. The van der Waals surface area contributed by atoms with Gasteiger partial charge >= 0.3 is 11.9 Å². The van der Waals surface area contributed by atoms with E-state index in [0.29, 0.717) is 13.0 Å². The van der Waals surface area contributed by atoms with Crippen molar-refractivity contribution >= 4 is 11.9 Å². The average molecular weight is 387 g/mol. The van der Waals surface area contributed by atoms with Crippen molar-refractivity contribution < 1.29 is 23.8 Å². The molecule has 2 heterocycles. The van der Waals surface area contributed by atoms with Gasteiger partial charge in [-0.25, -0.2) is 14.6 Å². The van der Waals surface area contributed by atoms with Crippen LogP contribution in [0.3, 0.4) is 0 Å². The third-order valence-electron chi connectivity index (χ3n) is 4.17. The molecular weight excluding hydrogens is 366 g/mol. The molecule has 0 radical (unpaired) electrons. The predicted octanol–water partition coefficient (Wildman–Crippen LogP) is 1.19. The van der Waals surface area contributed by atoms with Crippen LogP contribution in [0.2, 0.25) is 0 Å². The van der Waals surface area contributed by atoms with Gasteiger partial charge in [-0.2, -0.15) is 0 Å². The fourth-order valence-electron chi connectivity index (χ4n) is 2.85. The van der Waals surface area contributed by atoms with E-state index in [1.165, 1.54) is 16.7 Å². The molecule has 3 rings (SSSR count). The lowest BCUT2D eigenvalue weighted by Gasteiger charge is -2.25. The van der Waals surface area contributed by atoms with Crippen LogP contribution >= 0.6 is 0 Å². The Morgan fingerprint density at radius 3 is 2.68 bits per heavy atom. The monoisotopic (exact) mass is 387 g/mol. The third-order valence-corrected chi connectivity index (χ3v) is 4.17. The van der Waals surface area contributed by atoms with E-state index >= 15 is 0 Å². The zero-order valence-electron chi connectivity index (χ0n) is 15.6. The maximum absolute atomic E-state index is 13.1. The van der Waals surface area contributed by atoms with E-state index < -0.39 is 34.7 Å². The largest absolute Gasteiger partial charge is 0.461 e. The first-order valence-electron chi connectivity index (χ1n) is 8.87. The minimum Gasteiger partial charge on any atom is -0.461 e. The van der Waals surface area contributed by atoms with Crippen molar-refractivity contribution in [3.8, 4) is 5.75 Å². The van der Waals surface area contributed by atoms with E-state index in [2.05, 4.69) is 4.98 Å². The highest BCUT2D eigenvalue weighted by Gasteiger charge is 2.35. The molecule has 1 atom stereocenters. The quantitative estimate of drug-likeness (QED) is 0.776. The van der Waals surface area contributed by atoms with Crippen LogP contribution in [0.5, 0.6) is 5.75 Å². The Hall–Kier alpha value is -3.04. The number of carbonyl (C=O) groups excluding carboxylic acids is 2.